The predicted octanol–water partition coefficient (Wildman–Crippen LogP) is 17.3. The van der Waals surface area contributed by atoms with Gasteiger partial charge >= 0.3 is 0 Å². The number of aryl methyl sites for hydroxylation is 4. The van der Waals surface area contributed by atoms with E-state index in [1.165, 1.54) is 52.3 Å². The summed E-state index contributed by atoms with van der Waals surface area (Å²) in [5.41, 5.74) is 8.95. The first kappa shape index (κ1) is 68.3. The number of ether oxygens (including phenoxy) is 3. The summed E-state index contributed by atoms with van der Waals surface area (Å²) in [5, 5.41) is 19.0. The summed E-state index contributed by atoms with van der Waals surface area (Å²) in [6, 6.07) is 72.3. The second kappa shape index (κ2) is 41.3. The van der Waals surface area contributed by atoms with Gasteiger partial charge in [0.2, 0.25) is 0 Å². The summed E-state index contributed by atoms with van der Waals surface area (Å²) in [7, 11) is 5.82. The van der Waals surface area contributed by atoms with Gasteiger partial charge in [0.05, 0.1) is 6.10 Å². The number of hydrogen-bond acceptors (Lipinski definition) is 7. The highest BCUT2D eigenvalue weighted by Crippen LogP contribution is 2.30. The Bertz CT molecular complexity index is 2490. The number of aliphatic hydroxyl groups excluding tert-OH is 1. The van der Waals surface area contributed by atoms with Crippen LogP contribution in [0.25, 0.3) is 0 Å². The van der Waals surface area contributed by atoms with Crippen molar-refractivity contribution in [3.63, 3.8) is 0 Å². The molecule has 8 aromatic carbocycles. The van der Waals surface area contributed by atoms with E-state index < -0.39 is 0 Å². The molecule has 0 heterocycles. The largest absolute Gasteiger partial charge is 0.485 e. The number of para-hydroxylation sites is 3. The Morgan fingerprint density at radius 3 is 0.949 bits per heavy atom. The van der Waals surface area contributed by atoms with Gasteiger partial charge in [-0.15, -0.1) is 12.4 Å². The molecule has 0 bridgehead atoms. The van der Waals surface area contributed by atoms with Crippen molar-refractivity contribution in [3.8, 4) is 17.2 Å². The number of halogens is 2. The van der Waals surface area contributed by atoms with Gasteiger partial charge in [0.1, 0.15) is 41.4 Å². The van der Waals surface area contributed by atoms with Gasteiger partial charge in [0, 0.05) is 12.8 Å². The Morgan fingerprint density at radius 1 is 0.380 bits per heavy atom. The minimum absolute atomic E-state index is 0. The van der Waals surface area contributed by atoms with Crippen LogP contribution in [0.5, 0.6) is 17.2 Å². The number of aliphatic hydroxyl groups is 1. The summed E-state index contributed by atoms with van der Waals surface area (Å²) in [6.07, 6.45) is 6.12. The molecule has 79 heavy (non-hydrogen) atoms. The van der Waals surface area contributed by atoms with Crippen LogP contribution in [-0.2, 0) is 0 Å². The Morgan fingerprint density at radius 2 is 0.658 bits per heavy atom. The second-order valence-corrected chi connectivity index (χ2v) is 18.8. The minimum Gasteiger partial charge on any atom is -0.485 e. The highest BCUT2D eigenvalue weighted by atomic mass is 35.5. The third-order valence-corrected chi connectivity index (χ3v) is 12.7. The van der Waals surface area contributed by atoms with E-state index in [9.17, 15) is 9.50 Å². The van der Waals surface area contributed by atoms with Gasteiger partial charge in [-0.1, -0.05) is 215 Å². The Kier molecular flexibility index (Phi) is 35.7. The monoisotopic (exact) mass is 1090 g/mol. The Balaban J connectivity index is 0.000000344. The molecule has 7 nitrogen and oxygen atoms in total. The third-order valence-electron chi connectivity index (χ3n) is 12.7. The normalized spacial score (nSPS) is 11.6. The molecular formula is C70H91ClFN3O4. The van der Waals surface area contributed by atoms with Crippen molar-refractivity contribution in [1.29, 1.82) is 0 Å². The topological polar surface area (TPSA) is 84.0 Å². The van der Waals surface area contributed by atoms with Crippen LogP contribution in [0.15, 0.2) is 218 Å². The number of hydrogen-bond donors (Lipinski definition) is 4. The van der Waals surface area contributed by atoms with E-state index in [2.05, 4.69) is 141 Å². The van der Waals surface area contributed by atoms with Crippen molar-refractivity contribution in [2.24, 2.45) is 0 Å². The maximum atomic E-state index is 12.3. The molecule has 0 amide bonds. The van der Waals surface area contributed by atoms with E-state index >= 15 is 0 Å². The predicted molar refractivity (Wildman–Crippen MR) is 335 cm³/mol. The van der Waals surface area contributed by atoms with Gasteiger partial charge in [-0.3, -0.25) is 0 Å². The molecule has 8 rings (SSSR count). The zero-order chi connectivity index (χ0) is 55.3. The fraction of sp³-hybridized carbons (Fsp3) is 0.314. The summed E-state index contributed by atoms with van der Waals surface area (Å²) in [4.78, 5) is 0. The average molecular weight is 1090 g/mol. The highest BCUT2D eigenvalue weighted by Gasteiger charge is 2.16. The molecule has 4 atom stereocenters. The maximum absolute atomic E-state index is 12.3. The highest BCUT2D eigenvalue weighted by molar-refractivity contribution is 5.85. The molecule has 0 aliphatic carbocycles. The number of benzene rings is 8. The first-order valence-electron chi connectivity index (χ1n) is 27.3. The summed E-state index contributed by atoms with van der Waals surface area (Å²) < 4.78 is 30.9. The van der Waals surface area contributed by atoms with E-state index in [0.29, 0.717) is 5.56 Å². The van der Waals surface area contributed by atoms with Gasteiger partial charge < -0.3 is 35.3 Å². The van der Waals surface area contributed by atoms with Gasteiger partial charge in [-0.25, -0.2) is 4.39 Å². The fourth-order valence-electron chi connectivity index (χ4n) is 8.02. The van der Waals surface area contributed by atoms with Crippen LogP contribution in [-0.4, -0.2) is 45.9 Å². The third kappa shape index (κ3) is 26.6. The van der Waals surface area contributed by atoms with Crippen molar-refractivity contribution < 1.29 is 23.7 Å². The molecule has 0 saturated carbocycles. The number of unbranched alkanes of at least 4 members (excludes halogenated alkanes) is 1. The molecule has 0 aliphatic rings. The lowest BCUT2D eigenvalue weighted by Gasteiger charge is -2.20. The van der Waals surface area contributed by atoms with Crippen molar-refractivity contribution in [2.75, 3.05) is 40.8 Å². The van der Waals surface area contributed by atoms with E-state index in [0.717, 1.165) is 68.1 Å². The van der Waals surface area contributed by atoms with Crippen LogP contribution in [0.2, 0.25) is 0 Å². The van der Waals surface area contributed by atoms with E-state index in [4.69, 9.17) is 14.2 Å². The van der Waals surface area contributed by atoms with Gasteiger partial charge in [-0.2, -0.15) is 0 Å². The number of nitrogens with one attached hydrogen (secondary N) is 3. The van der Waals surface area contributed by atoms with Crippen LogP contribution in [0, 0.1) is 33.5 Å². The first-order chi connectivity index (χ1) is 37.6. The van der Waals surface area contributed by atoms with E-state index in [-0.39, 0.29) is 50.1 Å². The lowest BCUT2D eigenvalue weighted by atomic mass is 10.0. The van der Waals surface area contributed by atoms with Gasteiger partial charge in [0.25, 0.3) is 0 Å². The lowest BCUT2D eigenvalue weighted by molar-refractivity contribution is 0.167. The quantitative estimate of drug-likeness (QED) is 0.0538. The number of rotatable bonds is 22. The summed E-state index contributed by atoms with van der Waals surface area (Å²) in [6.45, 7) is 12.9. The van der Waals surface area contributed by atoms with E-state index in [1.807, 2.05) is 124 Å². The molecule has 0 saturated heterocycles. The molecule has 2 unspecified atom stereocenters. The van der Waals surface area contributed by atoms with Gasteiger partial charge in [0.15, 0.2) is 0 Å². The van der Waals surface area contributed by atoms with Crippen LogP contribution in [0.4, 0.5) is 4.39 Å². The molecule has 0 radical (unpaired) electrons. The standard InChI is InChI=1S/C18H22O.2C17H21NO.C10H15NO.C7H7F.CH4.ClH/c1-3-4-13-18(16-11-6-5-7-12-16)19-17-14-9-8-10-15(17)2;2*1-14-8-6-7-11-16(14)19-17(12-13-18-2)15-9-4-3-5-10-15;1-11-8-7-10(12)9-5-3-2-4-6-9;1-6-4-2-3-5-7(6)8;;/h5-12,14,18H,3-4,13H2,1-2H3;2*3-11,17-18H,12-13H2,1-2H3;2-6,10-12H,7-8H2,1H3;2-5H,1H3;1H4;1H/t18-;17-;;;;;/m11...../s1. The maximum Gasteiger partial charge on any atom is 0.126 e. The molecule has 0 aliphatic heterocycles. The van der Waals surface area contributed by atoms with Gasteiger partial charge in [-0.05, 0) is 157 Å². The zero-order valence-electron chi connectivity index (χ0n) is 47.4. The van der Waals surface area contributed by atoms with Crippen molar-refractivity contribution >= 4 is 12.4 Å². The molecule has 9 heteroatoms. The first-order valence-corrected chi connectivity index (χ1v) is 27.3. The molecule has 424 valence electrons. The average Bonchev–Trinajstić information content (AvgIpc) is 3.48. The van der Waals surface area contributed by atoms with Crippen LogP contribution >= 0.6 is 12.4 Å². The fourth-order valence-corrected chi connectivity index (χ4v) is 8.02. The van der Waals surface area contributed by atoms with Crippen molar-refractivity contribution in [1.82, 2.24) is 16.0 Å². The van der Waals surface area contributed by atoms with Crippen LogP contribution in [0.3, 0.4) is 0 Å². The van der Waals surface area contributed by atoms with Crippen molar-refractivity contribution in [2.45, 2.75) is 105 Å². The van der Waals surface area contributed by atoms with Crippen LogP contribution in [0.1, 0.15) is 122 Å². The molecule has 8 aromatic rings. The van der Waals surface area contributed by atoms with Crippen LogP contribution < -0.4 is 30.2 Å². The Hall–Kier alpha value is -6.78. The minimum atomic E-state index is -0.335. The molecule has 0 fully saturated rings. The smallest absolute Gasteiger partial charge is 0.126 e. The van der Waals surface area contributed by atoms with Crippen molar-refractivity contribution in [3.05, 3.63) is 269 Å². The summed E-state index contributed by atoms with van der Waals surface area (Å²) >= 11 is 0. The van der Waals surface area contributed by atoms with E-state index in [1.54, 1.807) is 19.1 Å². The lowest BCUT2D eigenvalue weighted by Crippen LogP contribution is -2.16. The molecule has 0 aromatic heterocycles. The molecular weight excluding hydrogens is 1000 g/mol. The second-order valence-electron chi connectivity index (χ2n) is 18.8. The zero-order valence-corrected chi connectivity index (χ0v) is 48.2. The molecule has 0 spiro atoms. The molecule has 4 N–H and O–H groups in total. The Labute approximate surface area is 481 Å². The SMILES string of the molecule is C.CCCC[C@@H](Oc1ccccc1C)c1ccccc1.CNCCC(O)c1ccccc1.CNCCC(Oc1ccccc1C)c1ccccc1.CNCC[C@@H](Oc1ccccc1C)c1ccccc1.Cc1ccccc1F.Cl. The summed E-state index contributed by atoms with van der Waals surface area (Å²) in [5.74, 6) is 2.79.